The summed E-state index contributed by atoms with van der Waals surface area (Å²) in [6, 6.07) is 0. The molecule has 1 aliphatic rings. The van der Waals surface area contributed by atoms with E-state index in [1.165, 1.54) is 15.7 Å². The molecule has 7 nitrogen and oxygen atoms in total. The molecule has 0 aliphatic carbocycles. The van der Waals surface area contributed by atoms with Crippen molar-refractivity contribution in [2.24, 2.45) is 0 Å². The quantitative estimate of drug-likeness (QED) is 0.630. The highest BCUT2D eigenvalue weighted by Crippen LogP contribution is 2.36. The highest BCUT2D eigenvalue weighted by molar-refractivity contribution is 7.86. The Bertz CT molecular complexity index is 735. The van der Waals surface area contributed by atoms with E-state index in [0.29, 0.717) is 29.6 Å². The molecule has 2 aromatic rings. The van der Waals surface area contributed by atoms with Gasteiger partial charge in [0.1, 0.15) is 6.20 Å². The number of rotatable bonds is 4. The molecule has 1 saturated heterocycles. The molecule has 2 aromatic heterocycles. The third-order valence-corrected chi connectivity index (χ3v) is 7.47. The summed E-state index contributed by atoms with van der Waals surface area (Å²) in [4.78, 5) is 18.1. The summed E-state index contributed by atoms with van der Waals surface area (Å²) in [5, 5.41) is 13.2. The summed E-state index contributed by atoms with van der Waals surface area (Å²) in [6.07, 6.45) is 3.26. The first-order chi connectivity index (χ1) is 10.5. The van der Waals surface area contributed by atoms with Crippen LogP contribution in [0.4, 0.5) is 11.6 Å². The van der Waals surface area contributed by atoms with E-state index in [4.69, 9.17) is 0 Å². The van der Waals surface area contributed by atoms with E-state index >= 15 is 0 Å². The van der Waals surface area contributed by atoms with E-state index in [2.05, 4.69) is 4.98 Å². The second kappa shape index (κ2) is 5.62. The number of thiazole rings is 1. The number of aromatic nitrogens is 2. The predicted molar refractivity (Wildman–Crippen MR) is 88.3 cm³/mol. The smallest absolute Gasteiger partial charge is 0.358 e. The van der Waals surface area contributed by atoms with E-state index in [9.17, 15) is 14.3 Å². The zero-order chi connectivity index (χ0) is 15.9. The summed E-state index contributed by atoms with van der Waals surface area (Å²) in [6.45, 7) is 5.16. The van der Waals surface area contributed by atoms with E-state index in [1.807, 2.05) is 18.7 Å². The number of imidazole rings is 1. The average molecular weight is 342 g/mol. The maximum absolute atomic E-state index is 12.4. The van der Waals surface area contributed by atoms with Gasteiger partial charge in [-0.3, -0.25) is 4.21 Å². The zero-order valence-corrected chi connectivity index (χ0v) is 14.2. The van der Waals surface area contributed by atoms with E-state index in [1.54, 1.807) is 11.6 Å². The minimum absolute atomic E-state index is 0.00467. The Morgan fingerprint density at radius 1 is 1.50 bits per heavy atom. The van der Waals surface area contributed by atoms with Crippen LogP contribution in [-0.2, 0) is 10.8 Å². The van der Waals surface area contributed by atoms with Crippen LogP contribution < -0.4 is 4.90 Å². The van der Waals surface area contributed by atoms with Crippen molar-refractivity contribution in [3.63, 3.8) is 0 Å². The molecule has 0 spiro atoms. The van der Waals surface area contributed by atoms with Gasteiger partial charge in [0.2, 0.25) is 5.82 Å². The van der Waals surface area contributed by atoms with Gasteiger partial charge in [-0.25, -0.2) is 0 Å². The van der Waals surface area contributed by atoms with Crippen molar-refractivity contribution < 1.29 is 9.13 Å². The van der Waals surface area contributed by atoms with Crippen LogP contribution in [0.5, 0.6) is 0 Å². The lowest BCUT2D eigenvalue weighted by Gasteiger charge is -2.40. The zero-order valence-electron chi connectivity index (χ0n) is 12.5. The molecule has 120 valence electrons. The van der Waals surface area contributed by atoms with Crippen LogP contribution in [0.15, 0.2) is 11.6 Å². The Hall–Kier alpha value is -1.48. The lowest BCUT2D eigenvalue weighted by molar-refractivity contribution is -0.389. The SMILES string of the molecule is CCC1(CC)CN(c2nc3sccn3c2[N+](=O)[O-])CCS1=O. The van der Waals surface area contributed by atoms with Gasteiger partial charge in [-0.1, -0.05) is 25.2 Å². The van der Waals surface area contributed by atoms with Gasteiger partial charge < -0.3 is 15.0 Å². The Kier molecular flexibility index (Phi) is 3.94. The van der Waals surface area contributed by atoms with Gasteiger partial charge in [-0.05, 0) is 17.8 Å². The van der Waals surface area contributed by atoms with E-state index < -0.39 is 10.8 Å². The molecule has 1 unspecified atom stereocenters. The maximum atomic E-state index is 12.4. The predicted octanol–water partition coefficient (Wildman–Crippen LogP) is 2.43. The minimum Gasteiger partial charge on any atom is -0.358 e. The number of anilines is 1. The maximum Gasteiger partial charge on any atom is 0.373 e. The van der Waals surface area contributed by atoms with Crippen LogP contribution >= 0.6 is 11.3 Å². The molecule has 0 amide bonds. The van der Waals surface area contributed by atoms with Gasteiger partial charge in [0.15, 0.2) is 0 Å². The summed E-state index contributed by atoms with van der Waals surface area (Å²) in [5.74, 6) is 0.939. The van der Waals surface area contributed by atoms with Crippen molar-refractivity contribution in [3.05, 3.63) is 21.7 Å². The number of nitrogens with zero attached hydrogens (tertiary/aromatic N) is 4. The molecule has 0 aromatic carbocycles. The van der Waals surface area contributed by atoms with Crippen LogP contribution in [-0.4, -0.2) is 42.1 Å². The van der Waals surface area contributed by atoms with Crippen molar-refractivity contribution >= 4 is 38.7 Å². The summed E-state index contributed by atoms with van der Waals surface area (Å²) in [7, 11) is -0.900. The van der Waals surface area contributed by atoms with Gasteiger partial charge in [0.25, 0.3) is 4.96 Å². The first-order valence-electron chi connectivity index (χ1n) is 7.25. The van der Waals surface area contributed by atoms with Gasteiger partial charge in [0, 0.05) is 35.0 Å². The first kappa shape index (κ1) is 15.4. The fourth-order valence-corrected chi connectivity index (χ4v) is 5.50. The lowest BCUT2D eigenvalue weighted by Crippen LogP contribution is -2.53. The van der Waals surface area contributed by atoms with Crippen molar-refractivity contribution in [1.29, 1.82) is 0 Å². The van der Waals surface area contributed by atoms with Crippen molar-refractivity contribution in [3.8, 4) is 0 Å². The molecular formula is C13H18N4O3S2. The minimum atomic E-state index is -0.900. The fourth-order valence-electron chi connectivity index (χ4n) is 3.03. The van der Waals surface area contributed by atoms with Crippen LogP contribution in [0.3, 0.4) is 0 Å². The lowest BCUT2D eigenvalue weighted by atomic mass is 10.0. The fraction of sp³-hybridized carbons (Fsp3) is 0.615. The molecule has 1 fully saturated rings. The third kappa shape index (κ3) is 2.23. The molecule has 3 heterocycles. The normalized spacial score (nSPS) is 21.4. The summed E-state index contributed by atoms with van der Waals surface area (Å²) < 4.78 is 13.6. The molecule has 9 heteroatoms. The van der Waals surface area contributed by atoms with Gasteiger partial charge in [0.05, 0.1) is 4.75 Å². The number of nitro groups is 1. The number of fused-ring (bicyclic) bond motifs is 1. The van der Waals surface area contributed by atoms with Crippen molar-refractivity contribution in [1.82, 2.24) is 9.38 Å². The summed E-state index contributed by atoms with van der Waals surface area (Å²) in [5.41, 5.74) is 0. The Balaban J connectivity index is 2.04. The number of hydrogen-bond acceptors (Lipinski definition) is 6. The van der Waals surface area contributed by atoms with Crippen LogP contribution in [0.1, 0.15) is 26.7 Å². The molecule has 0 N–H and O–H groups in total. The Labute approximate surface area is 134 Å². The van der Waals surface area contributed by atoms with Gasteiger partial charge >= 0.3 is 5.82 Å². The highest BCUT2D eigenvalue weighted by atomic mass is 32.2. The van der Waals surface area contributed by atoms with Crippen LogP contribution in [0, 0.1) is 10.1 Å². The standard InChI is InChI=1S/C13H18N4O3S2/c1-3-13(4-2)9-15(6-8-22(13)20)10-11(17(18)19)16-5-7-21-12(16)14-10/h5,7H,3-4,6,8-9H2,1-2H3. The molecule has 22 heavy (non-hydrogen) atoms. The monoisotopic (exact) mass is 342 g/mol. The van der Waals surface area contributed by atoms with Crippen molar-refractivity contribution in [2.75, 3.05) is 23.7 Å². The average Bonchev–Trinajstić information content (AvgIpc) is 3.08. The number of hydrogen-bond donors (Lipinski definition) is 0. The van der Waals surface area contributed by atoms with Crippen LogP contribution in [0.2, 0.25) is 0 Å². The first-order valence-corrected chi connectivity index (χ1v) is 9.45. The van der Waals surface area contributed by atoms with Gasteiger partial charge in [-0.15, -0.1) is 0 Å². The second-order valence-corrected chi connectivity index (χ2v) is 8.27. The summed E-state index contributed by atoms with van der Waals surface area (Å²) >= 11 is 1.38. The Morgan fingerprint density at radius 3 is 2.86 bits per heavy atom. The molecule has 0 saturated carbocycles. The second-order valence-electron chi connectivity index (χ2n) is 5.43. The largest absolute Gasteiger partial charge is 0.373 e. The Morgan fingerprint density at radius 2 is 2.23 bits per heavy atom. The van der Waals surface area contributed by atoms with E-state index in [0.717, 1.165) is 12.8 Å². The molecule has 1 aliphatic heterocycles. The van der Waals surface area contributed by atoms with Crippen LogP contribution in [0.25, 0.3) is 4.96 Å². The van der Waals surface area contributed by atoms with Gasteiger partial charge in [-0.2, -0.15) is 9.38 Å². The highest BCUT2D eigenvalue weighted by Gasteiger charge is 2.41. The molecular weight excluding hydrogens is 324 g/mol. The third-order valence-electron chi connectivity index (χ3n) is 4.49. The molecule has 1 atom stereocenters. The van der Waals surface area contributed by atoms with E-state index in [-0.39, 0.29) is 15.5 Å². The van der Waals surface area contributed by atoms with Crippen molar-refractivity contribution in [2.45, 2.75) is 31.4 Å². The molecule has 0 bridgehead atoms. The molecule has 0 radical (unpaired) electrons. The molecule has 3 rings (SSSR count). The topological polar surface area (TPSA) is 80.8 Å².